The van der Waals surface area contributed by atoms with Crippen LogP contribution in [0.4, 0.5) is 29.5 Å². The number of benzene rings is 1. The Hall–Kier alpha value is -3.69. The molecule has 2 amide bonds. The number of amides is 2. The standard InChI is InChI=1S/C21H19F3N6O/c22-15-2-1-9-26-18(15)20(10-21(23,24)11-20)12-27-17-8-7-16(29-30-17)13-3-5-14(6-4-13)28-19(25)31/h1-9H,10-12H2,(H,27,30)(H3,25,28,31). The first-order chi connectivity index (χ1) is 14.8. The van der Waals surface area contributed by atoms with Gasteiger partial charge in [-0.1, -0.05) is 12.1 Å². The Morgan fingerprint density at radius 2 is 1.81 bits per heavy atom. The van der Waals surface area contributed by atoms with Crippen LogP contribution in [0.1, 0.15) is 18.5 Å². The van der Waals surface area contributed by atoms with Crippen LogP contribution in [-0.4, -0.2) is 33.7 Å². The molecule has 0 bridgehead atoms. The summed E-state index contributed by atoms with van der Waals surface area (Å²) >= 11 is 0. The summed E-state index contributed by atoms with van der Waals surface area (Å²) in [6, 6.07) is 12.2. The molecule has 1 fully saturated rings. The molecule has 0 spiro atoms. The molecule has 1 aliphatic rings. The van der Waals surface area contributed by atoms with Crippen molar-refractivity contribution in [2.75, 3.05) is 17.2 Å². The summed E-state index contributed by atoms with van der Waals surface area (Å²) in [6.45, 7) is 0.0536. The number of nitrogens with one attached hydrogen (secondary N) is 2. The van der Waals surface area contributed by atoms with Crippen LogP contribution >= 0.6 is 0 Å². The third-order valence-corrected chi connectivity index (χ3v) is 5.18. The second-order valence-electron chi connectivity index (χ2n) is 7.55. The van der Waals surface area contributed by atoms with E-state index in [1.807, 2.05) is 0 Å². The van der Waals surface area contributed by atoms with Gasteiger partial charge in [0, 0.05) is 42.2 Å². The fourth-order valence-electron chi connectivity index (χ4n) is 3.80. The second kappa shape index (κ2) is 7.86. The molecule has 3 aromatic rings. The van der Waals surface area contributed by atoms with Gasteiger partial charge in [-0.05, 0) is 36.4 Å². The van der Waals surface area contributed by atoms with E-state index in [1.165, 1.54) is 18.3 Å². The monoisotopic (exact) mass is 428 g/mol. The van der Waals surface area contributed by atoms with E-state index in [0.29, 0.717) is 17.2 Å². The Bertz CT molecular complexity index is 1080. The molecule has 10 heteroatoms. The largest absolute Gasteiger partial charge is 0.368 e. The molecule has 1 aliphatic carbocycles. The first kappa shape index (κ1) is 20.6. The number of halogens is 3. The fourth-order valence-corrected chi connectivity index (χ4v) is 3.80. The molecule has 1 saturated carbocycles. The Balaban J connectivity index is 1.46. The summed E-state index contributed by atoms with van der Waals surface area (Å²) in [4.78, 5) is 14.9. The molecular weight excluding hydrogens is 409 g/mol. The van der Waals surface area contributed by atoms with E-state index in [0.717, 1.165) is 5.56 Å². The molecular formula is C21H19F3N6O. The number of nitrogens with two attached hydrogens (primary N) is 1. The first-order valence-electron chi connectivity index (χ1n) is 9.50. The second-order valence-corrected chi connectivity index (χ2v) is 7.55. The number of pyridine rings is 1. The summed E-state index contributed by atoms with van der Waals surface area (Å²) in [7, 11) is 0. The van der Waals surface area contributed by atoms with Gasteiger partial charge in [-0.25, -0.2) is 18.0 Å². The molecule has 1 aromatic carbocycles. The maximum atomic E-state index is 14.2. The highest BCUT2D eigenvalue weighted by Crippen LogP contribution is 2.53. The predicted octanol–water partition coefficient (Wildman–Crippen LogP) is 3.95. The normalized spacial score (nSPS) is 16.2. The maximum absolute atomic E-state index is 14.2. The summed E-state index contributed by atoms with van der Waals surface area (Å²) in [5.74, 6) is -3.08. The van der Waals surface area contributed by atoms with Crippen LogP contribution in [0.5, 0.6) is 0 Å². The molecule has 0 atom stereocenters. The Kier molecular flexibility index (Phi) is 5.22. The molecule has 0 saturated heterocycles. The van der Waals surface area contributed by atoms with Gasteiger partial charge in [-0.2, -0.15) is 0 Å². The number of nitrogens with zero attached hydrogens (tertiary/aromatic N) is 3. The van der Waals surface area contributed by atoms with Gasteiger partial charge in [-0.3, -0.25) is 4.98 Å². The molecule has 4 rings (SSSR count). The number of primary amides is 1. The highest BCUT2D eigenvalue weighted by molar-refractivity contribution is 5.88. The SMILES string of the molecule is NC(=O)Nc1ccc(-c2ccc(NCC3(c4ncccc4F)CC(F)(F)C3)nn2)cc1. The van der Waals surface area contributed by atoms with E-state index >= 15 is 0 Å². The number of rotatable bonds is 6. The van der Waals surface area contributed by atoms with Crippen molar-refractivity contribution in [2.45, 2.75) is 24.2 Å². The summed E-state index contributed by atoms with van der Waals surface area (Å²) in [6.07, 6.45) is 0.422. The molecule has 2 aromatic heterocycles. The third-order valence-electron chi connectivity index (χ3n) is 5.18. The zero-order valence-corrected chi connectivity index (χ0v) is 16.3. The van der Waals surface area contributed by atoms with Gasteiger partial charge in [0.25, 0.3) is 0 Å². The van der Waals surface area contributed by atoms with Crippen LogP contribution in [0.3, 0.4) is 0 Å². The van der Waals surface area contributed by atoms with Crippen LogP contribution in [0.2, 0.25) is 0 Å². The van der Waals surface area contributed by atoms with E-state index in [1.54, 1.807) is 36.4 Å². The van der Waals surface area contributed by atoms with Crippen molar-refractivity contribution in [1.29, 1.82) is 0 Å². The Morgan fingerprint density at radius 3 is 2.39 bits per heavy atom. The van der Waals surface area contributed by atoms with Crippen LogP contribution in [0, 0.1) is 5.82 Å². The van der Waals surface area contributed by atoms with E-state index in [2.05, 4.69) is 25.8 Å². The minimum Gasteiger partial charge on any atom is -0.368 e. The highest BCUT2D eigenvalue weighted by Gasteiger charge is 2.59. The highest BCUT2D eigenvalue weighted by atomic mass is 19.3. The topological polar surface area (TPSA) is 106 Å². The average Bonchev–Trinajstić information content (AvgIpc) is 2.71. The number of alkyl halides is 2. The molecule has 0 radical (unpaired) electrons. The van der Waals surface area contributed by atoms with E-state index in [-0.39, 0.29) is 12.2 Å². The van der Waals surface area contributed by atoms with Crippen molar-refractivity contribution in [2.24, 2.45) is 5.73 Å². The smallest absolute Gasteiger partial charge is 0.316 e. The van der Waals surface area contributed by atoms with Gasteiger partial charge in [-0.15, -0.1) is 10.2 Å². The average molecular weight is 428 g/mol. The molecule has 0 unspecified atom stereocenters. The van der Waals surface area contributed by atoms with Crippen LogP contribution in [0.25, 0.3) is 11.3 Å². The van der Waals surface area contributed by atoms with Gasteiger partial charge < -0.3 is 16.4 Å². The van der Waals surface area contributed by atoms with Gasteiger partial charge in [0.15, 0.2) is 0 Å². The quantitative estimate of drug-likeness (QED) is 0.551. The van der Waals surface area contributed by atoms with Gasteiger partial charge >= 0.3 is 6.03 Å². The minimum absolute atomic E-state index is 0.0302. The molecule has 4 N–H and O–H groups in total. The van der Waals surface area contributed by atoms with Crippen LogP contribution in [0.15, 0.2) is 54.7 Å². The van der Waals surface area contributed by atoms with E-state index in [4.69, 9.17) is 5.73 Å². The van der Waals surface area contributed by atoms with E-state index in [9.17, 15) is 18.0 Å². The van der Waals surface area contributed by atoms with Crippen molar-refractivity contribution in [3.63, 3.8) is 0 Å². The van der Waals surface area contributed by atoms with Crippen molar-refractivity contribution >= 4 is 17.5 Å². The number of anilines is 2. The third kappa shape index (κ3) is 4.42. The molecule has 2 heterocycles. The zero-order chi connectivity index (χ0) is 22.1. The van der Waals surface area contributed by atoms with E-state index < -0.39 is 36.0 Å². The number of hydrogen-bond donors (Lipinski definition) is 3. The molecule has 31 heavy (non-hydrogen) atoms. The Labute approximate surface area is 175 Å². The number of hydrogen-bond acceptors (Lipinski definition) is 5. The summed E-state index contributed by atoms with van der Waals surface area (Å²) < 4.78 is 41.6. The molecule has 0 aliphatic heterocycles. The molecule has 7 nitrogen and oxygen atoms in total. The van der Waals surface area contributed by atoms with Crippen molar-refractivity contribution in [3.8, 4) is 11.3 Å². The lowest BCUT2D eigenvalue weighted by atomic mass is 9.63. The van der Waals surface area contributed by atoms with Crippen molar-refractivity contribution in [1.82, 2.24) is 15.2 Å². The molecule has 160 valence electrons. The Morgan fingerprint density at radius 1 is 1.06 bits per heavy atom. The fraction of sp³-hybridized carbons (Fsp3) is 0.238. The van der Waals surface area contributed by atoms with Crippen LogP contribution < -0.4 is 16.4 Å². The maximum Gasteiger partial charge on any atom is 0.316 e. The number of carbonyl (C=O) groups is 1. The lowest BCUT2D eigenvalue weighted by Crippen LogP contribution is -2.54. The lowest BCUT2D eigenvalue weighted by Gasteiger charge is -2.47. The number of urea groups is 1. The van der Waals surface area contributed by atoms with Gasteiger partial charge in [0.05, 0.1) is 11.4 Å². The summed E-state index contributed by atoms with van der Waals surface area (Å²) in [5.41, 5.74) is 5.89. The van der Waals surface area contributed by atoms with Crippen LogP contribution in [-0.2, 0) is 5.41 Å². The minimum atomic E-state index is -2.85. The first-order valence-corrected chi connectivity index (χ1v) is 9.50. The van der Waals surface area contributed by atoms with Crippen molar-refractivity contribution in [3.05, 3.63) is 66.2 Å². The number of carbonyl (C=O) groups excluding carboxylic acids is 1. The zero-order valence-electron chi connectivity index (χ0n) is 16.3. The summed E-state index contributed by atoms with van der Waals surface area (Å²) in [5, 5.41) is 13.7. The number of aromatic nitrogens is 3. The van der Waals surface area contributed by atoms with Crippen molar-refractivity contribution < 1.29 is 18.0 Å². The predicted molar refractivity (Wildman–Crippen MR) is 109 cm³/mol. The van der Waals surface area contributed by atoms with Gasteiger partial charge in [0.1, 0.15) is 11.6 Å². The van der Waals surface area contributed by atoms with Gasteiger partial charge in [0.2, 0.25) is 5.92 Å². The lowest BCUT2D eigenvalue weighted by molar-refractivity contribution is -0.124.